The fourth-order valence-corrected chi connectivity index (χ4v) is 4.61. The molecule has 1 aliphatic heterocycles. The number of fused-ring (bicyclic) bond motifs is 1. The van der Waals surface area contributed by atoms with E-state index in [0.717, 1.165) is 6.07 Å². The van der Waals surface area contributed by atoms with Gasteiger partial charge in [-0.1, -0.05) is 6.07 Å². The van der Waals surface area contributed by atoms with Crippen molar-refractivity contribution in [3.8, 4) is 17.2 Å². The van der Waals surface area contributed by atoms with Crippen molar-refractivity contribution in [3.63, 3.8) is 0 Å². The number of pyridine rings is 1. The fraction of sp³-hybridized carbons (Fsp3) is 0.182. The number of hydrogen-bond acceptors (Lipinski definition) is 6. The van der Waals surface area contributed by atoms with Crippen LogP contribution < -0.4 is 14.8 Å². The summed E-state index contributed by atoms with van der Waals surface area (Å²) in [5.41, 5.74) is 0.984. The minimum Gasteiger partial charge on any atom is -0.497 e. The van der Waals surface area contributed by atoms with Gasteiger partial charge in [-0.15, -0.1) is 0 Å². The number of carbonyl (C=O) groups is 1. The van der Waals surface area contributed by atoms with Crippen LogP contribution in [-0.4, -0.2) is 26.4 Å². The number of methoxy groups -OCH3 is 1. The molecule has 0 atom stereocenters. The molecule has 7 nitrogen and oxygen atoms in total. The van der Waals surface area contributed by atoms with Gasteiger partial charge in [0, 0.05) is 18.2 Å². The predicted molar refractivity (Wildman–Crippen MR) is 112 cm³/mol. The third-order valence-electron chi connectivity index (χ3n) is 4.86. The molecule has 1 aliphatic rings. The van der Waals surface area contributed by atoms with Crippen molar-refractivity contribution in [1.29, 1.82) is 0 Å². The van der Waals surface area contributed by atoms with E-state index in [1.54, 1.807) is 18.2 Å². The first-order chi connectivity index (χ1) is 14.9. The van der Waals surface area contributed by atoms with Crippen LogP contribution in [0.3, 0.4) is 0 Å². The van der Waals surface area contributed by atoms with E-state index in [0.29, 0.717) is 41.3 Å². The molecule has 3 aromatic rings. The highest BCUT2D eigenvalue weighted by Crippen LogP contribution is 2.34. The Morgan fingerprint density at radius 2 is 1.84 bits per heavy atom. The number of amides is 1. The van der Waals surface area contributed by atoms with Crippen molar-refractivity contribution in [2.24, 2.45) is 0 Å². The predicted octanol–water partition coefficient (Wildman–Crippen LogP) is 3.88. The highest BCUT2D eigenvalue weighted by molar-refractivity contribution is 7.90. The van der Waals surface area contributed by atoms with Gasteiger partial charge in [0.15, 0.2) is 21.4 Å². The monoisotopic (exact) mass is 442 g/mol. The van der Waals surface area contributed by atoms with Crippen LogP contribution in [0.1, 0.15) is 17.5 Å². The number of ether oxygens (including phenoxy) is 2. The number of rotatable bonds is 6. The Morgan fingerprint density at radius 3 is 2.55 bits per heavy atom. The van der Waals surface area contributed by atoms with Crippen LogP contribution in [0.4, 0.5) is 10.2 Å². The van der Waals surface area contributed by atoms with Crippen molar-refractivity contribution in [2.45, 2.75) is 23.5 Å². The molecule has 2 aromatic carbocycles. The smallest absolute Gasteiger partial charge is 0.225 e. The number of nitrogens with zero attached hydrogens (tertiary/aromatic N) is 1. The second-order valence-corrected chi connectivity index (χ2v) is 8.98. The van der Waals surface area contributed by atoms with E-state index in [2.05, 4.69) is 10.3 Å². The number of hydrogen-bond donors (Lipinski definition) is 1. The summed E-state index contributed by atoms with van der Waals surface area (Å²) in [5.74, 6) is 0.116. The van der Waals surface area contributed by atoms with Gasteiger partial charge in [-0.25, -0.2) is 17.8 Å². The van der Waals surface area contributed by atoms with Crippen molar-refractivity contribution in [3.05, 3.63) is 71.7 Å². The summed E-state index contributed by atoms with van der Waals surface area (Å²) in [7, 11) is -2.16. The minimum atomic E-state index is -3.66. The minimum absolute atomic E-state index is 0.0455. The number of aromatic nitrogens is 1. The molecule has 0 aliphatic carbocycles. The lowest BCUT2D eigenvalue weighted by molar-refractivity contribution is -0.116. The molecule has 0 fully saturated rings. The average molecular weight is 442 g/mol. The molecule has 9 heteroatoms. The lowest BCUT2D eigenvalue weighted by Crippen LogP contribution is -2.20. The van der Waals surface area contributed by atoms with Crippen molar-refractivity contribution in [2.75, 3.05) is 12.4 Å². The Balaban J connectivity index is 1.54. The number of carbonyl (C=O) groups excluding carboxylic acids is 1. The molecular formula is C22H19FN2O5S. The Morgan fingerprint density at radius 1 is 1.06 bits per heavy atom. The van der Waals surface area contributed by atoms with E-state index >= 15 is 0 Å². The molecular weight excluding hydrogens is 423 g/mol. The summed E-state index contributed by atoms with van der Waals surface area (Å²) < 4.78 is 50.7. The molecule has 1 N–H and O–H groups in total. The van der Waals surface area contributed by atoms with E-state index in [1.807, 2.05) is 0 Å². The van der Waals surface area contributed by atoms with Crippen LogP contribution in [-0.2, 0) is 26.8 Å². The molecule has 31 heavy (non-hydrogen) atoms. The maximum Gasteiger partial charge on any atom is 0.225 e. The number of benzene rings is 2. The molecule has 1 aromatic heterocycles. The van der Waals surface area contributed by atoms with Crippen LogP contribution in [0.2, 0.25) is 0 Å². The van der Waals surface area contributed by atoms with Crippen LogP contribution >= 0.6 is 0 Å². The molecule has 0 bridgehead atoms. The standard InChI is InChI=1S/C22H19FN2O5S/c1-29-15-3-5-16(6-4-15)31(27,28)13-14-2-8-20(18(23)12-14)30-19-10-11-24-22-17(19)7-9-21(26)25-22/h2-6,8,10-12H,7,9,13H2,1H3,(H,24,25,26). The van der Waals surface area contributed by atoms with Crippen molar-refractivity contribution in [1.82, 2.24) is 4.98 Å². The largest absolute Gasteiger partial charge is 0.497 e. The number of halogens is 1. The maximum absolute atomic E-state index is 14.7. The van der Waals surface area contributed by atoms with Gasteiger partial charge in [0.1, 0.15) is 17.3 Å². The molecule has 2 heterocycles. The number of nitrogens with one attached hydrogen (secondary N) is 1. The Bertz CT molecular complexity index is 1240. The second kappa shape index (κ2) is 8.35. The third-order valence-corrected chi connectivity index (χ3v) is 6.57. The van der Waals surface area contributed by atoms with Gasteiger partial charge in [-0.05, 0) is 54.4 Å². The first kappa shape index (κ1) is 20.8. The molecule has 0 spiro atoms. The van der Waals surface area contributed by atoms with Crippen molar-refractivity contribution < 1.29 is 27.1 Å². The Hall–Kier alpha value is -3.46. The summed E-state index contributed by atoms with van der Waals surface area (Å²) in [6, 6.07) is 11.7. The topological polar surface area (TPSA) is 94.6 Å². The zero-order chi connectivity index (χ0) is 22.0. The molecule has 0 saturated carbocycles. The molecule has 1 amide bonds. The summed E-state index contributed by atoms with van der Waals surface area (Å²) in [4.78, 5) is 15.8. The highest BCUT2D eigenvalue weighted by Gasteiger charge is 2.21. The second-order valence-electron chi connectivity index (χ2n) is 6.99. The molecule has 160 valence electrons. The van der Waals surface area contributed by atoms with E-state index in [-0.39, 0.29) is 22.3 Å². The van der Waals surface area contributed by atoms with E-state index in [9.17, 15) is 17.6 Å². The van der Waals surface area contributed by atoms with Crippen LogP contribution in [0.15, 0.2) is 59.6 Å². The molecule has 0 saturated heterocycles. The van der Waals surface area contributed by atoms with Gasteiger partial charge in [-0.2, -0.15) is 0 Å². The highest BCUT2D eigenvalue weighted by atomic mass is 32.2. The average Bonchev–Trinajstić information content (AvgIpc) is 2.75. The zero-order valence-electron chi connectivity index (χ0n) is 16.6. The van der Waals surface area contributed by atoms with Crippen molar-refractivity contribution >= 4 is 21.6 Å². The van der Waals surface area contributed by atoms with Gasteiger partial charge in [0.25, 0.3) is 0 Å². The van der Waals surface area contributed by atoms with Gasteiger partial charge >= 0.3 is 0 Å². The van der Waals surface area contributed by atoms with Crippen LogP contribution in [0.25, 0.3) is 0 Å². The SMILES string of the molecule is COc1ccc(S(=O)(=O)Cc2ccc(Oc3ccnc4c3CCC(=O)N4)c(F)c2)cc1. The van der Waals surface area contributed by atoms with Crippen LogP contribution in [0, 0.1) is 5.82 Å². The quantitative estimate of drug-likeness (QED) is 0.623. The lowest BCUT2D eigenvalue weighted by Gasteiger charge is -2.19. The fourth-order valence-electron chi connectivity index (χ4n) is 3.27. The van der Waals surface area contributed by atoms with Crippen LogP contribution in [0.5, 0.6) is 17.2 Å². The van der Waals surface area contributed by atoms with Gasteiger partial charge < -0.3 is 14.8 Å². The summed E-state index contributed by atoms with van der Waals surface area (Å²) in [5, 5.41) is 2.66. The summed E-state index contributed by atoms with van der Waals surface area (Å²) >= 11 is 0. The lowest BCUT2D eigenvalue weighted by atomic mass is 10.1. The van der Waals surface area contributed by atoms with E-state index < -0.39 is 15.7 Å². The van der Waals surface area contributed by atoms with E-state index in [1.165, 1.54) is 37.6 Å². The van der Waals surface area contributed by atoms with Gasteiger partial charge in [0.2, 0.25) is 5.91 Å². The Kier molecular flexibility index (Phi) is 5.60. The molecule has 4 rings (SSSR count). The first-order valence-corrected chi connectivity index (χ1v) is 11.1. The maximum atomic E-state index is 14.7. The normalized spacial score (nSPS) is 13.3. The van der Waals surface area contributed by atoms with Gasteiger partial charge in [0.05, 0.1) is 17.8 Å². The first-order valence-electron chi connectivity index (χ1n) is 9.46. The Labute approximate surface area is 178 Å². The molecule has 0 radical (unpaired) electrons. The number of sulfone groups is 1. The van der Waals surface area contributed by atoms with Gasteiger partial charge in [-0.3, -0.25) is 4.79 Å². The van der Waals surface area contributed by atoms with E-state index in [4.69, 9.17) is 9.47 Å². The molecule has 0 unspecified atom stereocenters. The summed E-state index contributed by atoms with van der Waals surface area (Å²) in [6.07, 6.45) is 2.19. The zero-order valence-corrected chi connectivity index (χ0v) is 17.4. The summed E-state index contributed by atoms with van der Waals surface area (Å²) in [6.45, 7) is 0. The third kappa shape index (κ3) is 4.51. The number of anilines is 1.